The maximum atomic E-state index is 12.8. The van der Waals surface area contributed by atoms with E-state index in [0.717, 1.165) is 37.0 Å². The third kappa shape index (κ3) is 4.18. The molecule has 1 atom stereocenters. The number of ketones is 1. The average Bonchev–Trinajstić information content (AvgIpc) is 3.40. The highest BCUT2D eigenvalue weighted by Gasteiger charge is 2.34. The van der Waals surface area contributed by atoms with Crippen molar-refractivity contribution in [2.24, 2.45) is 0 Å². The third-order valence-electron chi connectivity index (χ3n) is 5.03. The van der Waals surface area contributed by atoms with Crippen LogP contribution < -0.4 is 4.74 Å². The van der Waals surface area contributed by atoms with Crippen LogP contribution in [0.4, 0.5) is 8.78 Å². The second kappa shape index (κ2) is 7.76. The summed E-state index contributed by atoms with van der Waals surface area (Å²) in [4.78, 5) is 11.7. The van der Waals surface area contributed by atoms with E-state index in [4.69, 9.17) is 9.26 Å². The largest absolute Gasteiger partial charge is 0.434 e. The second-order valence-corrected chi connectivity index (χ2v) is 7.09. The number of ether oxygens (including phenoxy) is 2. The van der Waals surface area contributed by atoms with E-state index in [1.807, 2.05) is 0 Å². The summed E-state index contributed by atoms with van der Waals surface area (Å²) < 4.78 is 41.7. The number of rotatable bonds is 7. The van der Waals surface area contributed by atoms with E-state index in [1.165, 1.54) is 6.07 Å². The normalized spacial score (nSPS) is 20.3. The van der Waals surface area contributed by atoms with Gasteiger partial charge in [-0.1, -0.05) is 17.3 Å². The molecule has 0 aliphatic heterocycles. The maximum Gasteiger partial charge on any atom is 0.387 e. The van der Waals surface area contributed by atoms with Crippen LogP contribution in [0.5, 0.6) is 5.75 Å². The van der Waals surface area contributed by atoms with Crippen LogP contribution in [0, 0.1) is 0 Å². The zero-order chi connectivity index (χ0) is 18.8. The number of hydrogen-bond acceptors (Lipinski definition) is 5. The number of carbonyl (C=O) groups excluding carboxylic acids is 1. The Labute approximate surface area is 155 Å². The molecule has 2 aliphatic rings. The van der Waals surface area contributed by atoms with Crippen molar-refractivity contribution >= 4 is 5.78 Å². The van der Waals surface area contributed by atoms with E-state index in [9.17, 15) is 13.6 Å². The number of Topliss-reactive ketones (excluding diaryl/α,β-unsaturated/α-hetero) is 1. The summed E-state index contributed by atoms with van der Waals surface area (Å²) in [6.07, 6.45) is 4.62. The number of halogens is 2. The second-order valence-electron chi connectivity index (χ2n) is 7.09. The number of alkyl halides is 2. The first kappa shape index (κ1) is 18.1. The number of para-hydroxylation sites is 1. The van der Waals surface area contributed by atoms with Crippen LogP contribution in [0.1, 0.15) is 55.8 Å². The van der Waals surface area contributed by atoms with Gasteiger partial charge in [-0.3, -0.25) is 4.79 Å². The van der Waals surface area contributed by atoms with Gasteiger partial charge in [-0.15, -0.1) is 0 Å². The Hall–Kier alpha value is -2.28. The van der Waals surface area contributed by atoms with Gasteiger partial charge in [0, 0.05) is 29.9 Å². The van der Waals surface area contributed by atoms with Gasteiger partial charge in [0.05, 0.1) is 12.7 Å². The summed E-state index contributed by atoms with van der Waals surface area (Å²) in [6.45, 7) is -2.68. The number of carbonyl (C=O) groups is 1. The number of benzene rings is 1. The smallest absolute Gasteiger partial charge is 0.387 e. The summed E-state index contributed by atoms with van der Waals surface area (Å²) in [7, 11) is 0. The van der Waals surface area contributed by atoms with Crippen molar-refractivity contribution < 1.29 is 27.6 Å². The highest BCUT2D eigenvalue weighted by Crippen LogP contribution is 2.45. The summed E-state index contributed by atoms with van der Waals surface area (Å²) in [5, 5.41) is 4.15. The van der Waals surface area contributed by atoms with Gasteiger partial charge >= 0.3 is 6.61 Å². The first-order valence-corrected chi connectivity index (χ1v) is 9.27. The van der Waals surface area contributed by atoms with E-state index in [2.05, 4.69) is 9.89 Å². The van der Waals surface area contributed by atoms with Gasteiger partial charge in [-0.2, -0.15) is 8.78 Å². The zero-order valence-electron chi connectivity index (χ0n) is 14.8. The van der Waals surface area contributed by atoms with Crippen LogP contribution in [0.25, 0.3) is 11.3 Å². The molecule has 2 saturated carbocycles. The lowest BCUT2D eigenvalue weighted by Crippen LogP contribution is -2.22. The van der Waals surface area contributed by atoms with Gasteiger partial charge in [0.15, 0.2) is 0 Å². The lowest BCUT2D eigenvalue weighted by atomic mass is 9.96. The van der Waals surface area contributed by atoms with Crippen LogP contribution in [-0.2, 0) is 16.1 Å². The first-order valence-electron chi connectivity index (χ1n) is 9.27. The molecule has 0 radical (unpaired) electrons. The molecule has 7 heteroatoms. The number of nitrogens with zero attached hydrogens (tertiary/aromatic N) is 1. The van der Waals surface area contributed by atoms with Crippen LogP contribution in [0.3, 0.4) is 0 Å². The van der Waals surface area contributed by atoms with Crippen molar-refractivity contribution in [3.8, 4) is 17.0 Å². The van der Waals surface area contributed by atoms with E-state index in [-0.39, 0.29) is 24.2 Å². The molecule has 1 aromatic heterocycles. The molecule has 2 fully saturated rings. The highest BCUT2D eigenvalue weighted by atomic mass is 19.3. The Kier molecular flexibility index (Phi) is 5.20. The maximum absolute atomic E-state index is 12.8. The van der Waals surface area contributed by atoms with E-state index >= 15 is 0 Å². The van der Waals surface area contributed by atoms with Gasteiger partial charge < -0.3 is 14.0 Å². The SMILES string of the molecule is O=C1CCC[C@H](OCc2c(-c3ccccc3OC(F)F)noc2C2CC2)C1. The standard InChI is InChI=1S/C20H21F2NO4/c21-20(22)26-17-7-2-1-6-15(17)18-16(19(27-23-18)12-8-9-12)11-25-14-5-3-4-13(24)10-14/h1-2,6-7,12,14,20H,3-5,8-11H2/t14-/m0/s1. The van der Waals surface area contributed by atoms with Gasteiger partial charge in [-0.25, -0.2) is 0 Å². The van der Waals surface area contributed by atoms with Crippen LogP contribution in [0.15, 0.2) is 28.8 Å². The molecule has 0 spiro atoms. The highest BCUT2D eigenvalue weighted by molar-refractivity contribution is 5.79. The average molecular weight is 377 g/mol. The molecule has 5 nitrogen and oxygen atoms in total. The number of hydrogen-bond donors (Lipinski definition) is 0. The Balaban J connectivity index is 1.61. The van der Waals surface area contributed by atoms with Crippen molar-refractivity contribution in [3.63, 3.8) is 0 Å². The molecular formula is C20H21F2NO4. The molecule has 0 N–H and O–H groups in total. The predicted octanol–water partition coefficient (Wildman–Crippen LogP) is 4.85. The van der Waals surface area contributed by atoms with Crippen LogP contribution in [-0.4, -0.2) is 23.7 Å². The lowest BCUT2D eigenvalue weighted by Gasteiger charge is -2.21. The fraction of sp³-hybridized carbons (Fsp3) is 0.500. The van der Waals surface area contributed by atoms with Crippen molar-refractivity contribution in [2.75, 3.05) is 0 Å². The predicted molar refractivity (Wildman–Crippen MR) is 92.6 cm³/mol. The summed E-state index contributed by atoms with van der Waals surface area (Å²) in [6, 6.07) is 6.54. The van der Waals surface area contributed by atoms with Gasteiger partial charge in [0.25, 0.3) is 0 Å². The molecule has 0 unspecified atom stereocenters. The fourth-order valence-electron chi connectivity index (χ4n) is 3.53. The van der Waals surface area contributed by atoms with Gasteiger partial charge in [0.1, 0.15) is 23.0 Å². The quantitative estimate of drug-likeness (QED) is 0.690. The Morgan fingerprint density at radius 3 is 2.78 bits per heavy atom. The Bertz CT molecular complexity index is 816. The zero-order valence-corrected chi connectivity index (χ0v) is 14.8. The molecule has 0 saturated heterocycles. The van der Waals surface area contributed by atoms with Gasteiger partial charge in [-0.05, 0) is 37.8 Å². The minimum Gasteiger partial charge on any atom is -0.434 e. The first-order chi connectivity index (χ1) is 13.1. The summed E-state index contributed by atoms with van der Waals surface area (Å²) in [5.74, 6) is 1.31. The monoisotopic (exact) mass is 377 g/mol. The fourth-order valence-corrected chi connectivity index (χ4v) is 3.53. The minimum absolute atomic E-state index is 0.0530. The van der Waals surface area contributed by atoms with Gasteiger partial charge in [0.2, 0.25) is 0 Å². The van der Waals surface area contributed by atoms with Crippen molar-refractivity contribution in [1.29, 1.82) is 0 Å². The minimum atomic E-state index is -2.92. The van der Waals surface area contributed by atoms with E-state index in [0.29, 0.717) is 30.0 Å². The summed E-state index contributed by atoms with van der Waals surface area (Å²) >= 11 is 0. The molecule has 0 bridgehead atoms. The lowest BCUT2D eigenvalue weighted by molar-refractivity contribution is -0.124. The van der Waals surface area contributed by atoms with Crippen LogP contribution >= 0.6 is 0 Å². The van der Waals surface area contributed by atoms with E-state index in [1.54, 1.807) is 18.2 Å². The van der Waals surface area contributed by atoms with E-state index < -0.39 is 6.61 Å². The van der Waals surface area contributed by atoms with Crippen molar-refractivity contribution in [2.45, 2.75) is 63.8 Å². The summed E-state index contributed by atoms with van der Waals surface area (Å²) in [5.41, 5.74) is 1.68. The molecule has 4 rings (SSSR count). The molecular weight excluding hydrogens is 356 g/mol. The third-order valence-corrected chi connectivity index (χ3v) is 5.03. The topological polar surface area (TPSA) is 61.6 Å². The molecule has 1 aromatic carbocycles. The molecule has 0 amide bonds. The Morgan fingerprint density at radius 2 is 2.04 bits per heavy atom. The molecule has 1 heterocycles. The molecule has 27 heavy (non-hydrogen) atoms. The van der Waals surface area contributed by atoms with Crippen molar-refractivity contribution in [1.82, 2.24) is 5.16 Å². The molecule has 2 aromatic rings. The Morgan fingerprint density at radius 1 is 1.22 bits per heavy atom. The molecule has 144 valence electrons. The van der Waals surface area contributed by atoms with Crippen molar-refractivity contribution in [3.05, 3.63) is 35.6 Å². The van der Waals surface area contributed by atoms with Crippen LogP contribution in [0.2, 0.25) is 0 Å². The molecule has 2 aliphatic carbocycles. The number of aromatic nitrogens is 1.